The molecule has 6 heteroatoms. The molecule has 0 aliphatic rings. The van der Waals surface area contributed by atoms with Gasteiger partial charge < -0.3 is 20.1 Å². The molecule has 0 bridgehead atoms. The molecule has 128 valence electrons. The monoisotopic (exact) mass is 323 g/mol. The fourth-order valence-corrected chi connectivity index (χ4v) is 1.97. The van der Waals surface area contributed by atoms with Gasteiger partial charge in [0, 0.05) is 12.5 Å². The first-order valence-electron chi connectivity index (χ1n) is 7.92. The molecule has 1 aromatic rings. The van der Waals surface area contributed by atoms with Crippen molar-refractivity contribution in [1.29, 1.82) is 0 Å². The Balaban J connectivity index is 2.53. The topological polar surface area (TPSA) is 99.9 Å². The maximum Gasteiger partial charge on any atom is 0.303 e. The van der Waals surface area contributed by atoms with E-state index in [4.69, 9.17) is 9.84 Å². The molecule has 1 atom stereocenters. The number of carboxylic acid groups (broad SMARTS) is 1. The van der Waals surface area contributed by atoms with Crippen molar-refractivity contribution in [2.45, 2.75) is 51.6 Å². The summed E-state index contributed by atoms with van der Waals surface area (Å²) in [6.07, 6.45) is 8.37. The van der Waals surface area contributed by atoms with Crippen molar-refractivity contribution in [3.8, 4) is 11.5 Å². The Labute approximate surface area is 136 Å². The van der Waals surface area contributed by atoms with Gasteiger partial charge in [-0.15, -0.1) is 0 Å². The normalized spacial score (nSPS) is 12.4. The molecule has 0 aliphatic heterocycles. The number of hydrogen-bond donors (Lipinski definition) is 3. The highest BCUT2D eigenvalue weighted by molar-refractivity contribution is 5.66. The Kier molecular flexibility index (Phi) is 8.75. The first-order chi connectivity index (χ1) is 11.0. The predicted octanol–water partition coefficient (Wildman–Crippen LogP) is 2.99. The molecule has 0 aromatic carbocycles. The molecule has 0 saturated carbocycles. The first kappa shape index (κ1) is 19.0. The van der Waals surface area contributed by atoms with E-state index < -0.39 is 12.1 Å². The zero-order valence-corrected chi connectivity index (χ0v) is 13.4. The molecule has 1 unspecified atom stereocenters. The quantitative estimate of drug-likeness (QED) is 0.541. The number of aliphatic hydroxyl groups excluding tert-OH is 1. The molecule has 0 fully saturated rings. The van der Waals surface area contributed by atoms with E-state index >= 15 is 0 Å². The molecular formula is C17H25NO5. The van der Waals surface area contributed by atoms with Crippen LogP contribution in [0.1, 0.15) is 51.1 Å². The number of aliphatic carboxylic acids is 1. The predicted molar refractivity (Wildman–Crippen MR) is 87.4 cm³/mol. The lowest BCUT2D eigenvalue weighted by Crippen LogP contribution is -2.03. The van der Waals surface area contributed by atoms with Crippen molar-refractivity contribution in [3.63, 3.8) is 0 Å². The molecule has 6 nitrogen and oxygen atoms in total. The Morgan fingerprint density at radius 2 is 2.17 bits per heavy atom. The van der Waals surface area contributed by atoms with Gasteiger partial charge in [-0.05, 0) is 18.9 Å². The van der Waals surface area contributed by atoms with Gasteiger partial charge in [0.15, 0.2) is 11.5 Å². The van der Waals surface area contributed by atoms with Gasteiger partial charge in [-0.1, -0.05) is 32.3 Å². The highest BCUT2D eigenvalue weighted by atomic mass is 16.5. The number of carboxylic acids is 1. The van der Waals surface area contributed by atoms with Crippen LogP contribution in [0.15, 0.2) is 18.3 Å². The van der Waals surface area contributed by atoms with Crippen LogP contribution in [-0.2, 0) is 4.79 Å². The van der Waals surface area contributed by atoms with E-state index in [1.807, 2.05) is 0 Å². The minimum atomic E-state index is -0.881. The highest BCUT2D eigenvalue weighted by Gasteiger charge is 2.06. The number of aromatic nitrogens is 1. The summed E-state index contributed by atoms with van der Waals surface area (Å²) in [6.45, 7) is 2.31. The number of ether oxygens (including phenoxy) is 1. The van der Waals surface area contributed by atoms with Gasteiger partial charge in [-0.25, -0.2) is 0 Å². The third-order valence-corrected chi connectivity index (χ3v) is 3.25. The van der Waals surface area contributed by atoms with E-state index in [2.05, 4.69) is 11.9 Å². The molecule has 1 aromatic heterocycles. The fourth-order valence-electron chi connectivity index (χ4n) is 1.97. The van der Waals surface area contributed by atoms with Gasteiger partial charge in [0.25, 0.3) is 0 Å². The summed E-state index contributed by atoms with van der Waals surface area (Å²) in [5, 5.41) is 28.1. The van der Waals surface area contributed by atoms with Crippen LogP contribution in [0.2, 0.25) is 0 Å². The number of rotatable bonds is 11. The summed E-state index contributed by atoms with van der Waals surface area (Å²) in [4.78, 5) is 14.5. The highest BCUT2D eigenvalue weighted by Crippen LogP contribution is 2.26. The molecule has 3 N–H and O–H groups in total. The van der Waals surface area contributed by atoms with Crippen molar-refractivity contribution in [2.24, 2.45) is 0 Å². The zero-order chi connectivity index (χ0) is 17.1. The number of unbranched alkanes of at least 4 members (excludes halogenated alkanes) is 2. The maximum absolute atomic E-state index is 10.4. The fraction of sp³-hybridized carbons (Fsp3) is 0.529. The minimum absolute atomic E-state index is 0.0164. The van der Waals surface area contributed by atoms with Crippen LogP contribution in [0.25, 0.3) is 6.08 Å². The molecule has 0 amide bonds. The van der Waals surface area contributed by atoms with Crippen molar-refractivity contribution < 1.29 is 24.9 Å². The van der Waals surface area contributed by atoms with E-state index in [-0.39, 0.29) is 24.5 Å². The van der Waals surface area contributed by atoms with E-state index in [0.717, 1.165) is 19.3 Å². The van der Waals surface area contributed by atoms with Crippen LogP contribution in [0.4, 0.5) is 0 Å². The largest absolute Gasteiger partial charge is 0.503 e. The van der Waals surface area contributed by atoms with E-state index in [1.54, 1.807) is 18.2 Å². The number of aromatic hydroxyl groups is 1. The number of aliphatic hydroxyl groups is 1. The van der Waals surface area contributed by atoms with E-state index in [9.17, 15) is 15.0 Å². The van der Waals surface area contributed by atoms with Crippen LogP contribution in [0, 0.1) is 0 Å². The standard InChI is InChI=1S/C17H25NO5/c1-2-3-4-6-14(19)9-8-13-11-16(15(20)12-18-13)23-10-5-7-17(21)22/h8-9,11-12,14,19-20H,2-7,10H2,1H3,(H,21,22). The minimum Gasteiger partial charge on any atom is -0.503 e. The van der Waals surface area contributed by atoms with Gasteiger partial charge >= 0.3 is 5.97 Å². The SMILES string of the molecule is CCCCCC(O)C=Cc1cc(OCCCC(=O)O)c(O)cn1. The van der Waals surface area contributed by atoms with Gasteiger partial charge in [-0.2, -0.15) is 0 Å². The van der Waals surface area contributed by atoms with Gasteiger partial charge in [0.2, 0.25) is 0 Å². The summed E-state index contributed by atoms with van der Waals surface area (Å²) in [5.74, 6) is -0.722. The first-order valence-corrected chi connectivity index (χ1v) is 7.92. The van der Waals surface area contributed by atoms with Crippen molar-refractivity contribution in [2.75, 3.05) is 6.61 Å². The van der Waals surface area contributed by atoms with Crippen molar-refractivity contribution >= 4 is 12.0 Å². The van der Waals surface area contributed by atoms with Crippen LogP contribution in [-0.4, -0.2) is 39.0 Å². The maximum atomic E-state index is 10.4. The number of pyridine rings is 1. The molecule has 0 spiro atoms. The Hall–Kier alpha value is -2.08. The van der Waals surface area contributed by atoms with E-state index in [1.165, 1.54) is 6.20 Å². The second-order valence-corrected chi connectivity index (χ2v) is 5.34. The van der Waals surface area contributed by atoms with Gasteiger partial charge in [0.05, 0.1) is 24.6 Å². The summed E-state index contributed by atoms with van der Waals surface area (Å²) in [7, 11) is 0. The lowest BCUT2D eigenvalue weighted by molar-refractivity contribution is -0.137. The smallest absolute Gasteiger partial charge is 0.303 e. The molecule has 0 radical (unpaired) electrons. The molecule has 0 saturated heterocycles. The summed E-state index contributed by atoms with van der Waals surface area (Å²) in [6, 6.07) is 1.56. The Bertz CT molecular complexity index is 516. The average Bonchev–Trinajstić information content (AvgIpc) is 2.52. The number of nitrogens with zero attached hydrogens (tertiary/aromatic N) is 1. The van der Waals surface area contributed by atoms with E-state index in [0.29, 0.717) is 18.5 Å². The second-order valence-electron chi connectivity index (χ2n) is 5.34. The van der Waals surface area contributed by atoms with Crippen LogP contribution >= 0.6 is 0 Å². The summed E-state index contributed by atoms with van der Waals surface area (Å²) < 4.78 is 5.36. The van der Waals surface area contributed by atoms with Gasteiger partial charge in [0.1, 0.15) is 0 Å². The molecule has 1 rings (SSSR count). The third kappa shape index (κ3) is 8.21. The Morgan fingerprint density at radius 3 is 2.87 bits per heavy atom. The molecular weight excluding hydrogens is 298 g/mol. The van der Waals surface area contributed by atoms with Crippen LogP contribution in [0.5, 0.6) is 11.5 Å². The molecule has 0 aliphatic carbocycles. The number of hydrogen-bond acceptors (Lipinski definition) is 5. The van der Waals surface area contributed by atoms with Crippen LogP contribution in [0.3, 0.4) is 0 Å². The summed E-state index contributed by atoms with van der Waals surface area (Å²) >= 11 is 0. The average molecular weight is 323 g/mol. The van der Waals surface area contributed by atoms with Crippen molar-refractivity contribution in [3.05, 3.63) is 24.0 Å². The summed E-state index contributed by atoms with van der Waals surface area (Å²) in [5.41, 5.74) is 0.561. The second kappa shape index (κ2) is 10.6. The lowest BCUT2D eigenvalue weighted by atomic mass is 10.1. The van der Waals surface area contributed by atoms with Gasteiger partial charge in [-0.3, -0.25) is 9.78 Å². The lowest BCUT2D eigenvalue weighted by Gasteiger charge is -2.08. The Morgan fingerprint density at radius 1 is 1.39 bits per heavy atom. The van der Waals surface area contributed by atoms with Crippen molar-refractivity contribution in [1.82, 2.24) is 4.98 Å². The van der Waals surface area contributed by atoms with Crippen LogP contribution < -0.4 is 4.74 Å². The zero-order valence-electron chi connectivity index (χ0n) is 13.4. The molecule has 1 heterocycles. The number of carbonyl (C=O) groups is 1. The third-order valence-electron chi connectivity index (χ3n) is 3.25. The molecule has 23 heavy (non-hydrogen) atoms.